The minimum Gasteiger partial charge on any atom is -0.456 e. The molecule has 4 atom stereocenters. The number of nitrogens with two attached hydrogens (primary N) is 1. The maximum atomic E-state index is 12.8. The highest BCUT2D eigenvalue weighted by atomic mass is 16.6. The van der Waals surface area contributed by atoms with Crippen LogP contribution in [0.5, 0.6) is 0 Å². The van der Waals surface area contributed by atoms with Crippen molar-refractivity contribution in [2.45, 2.75) is 103 Å². The Kier molecular flexibility index (Phi) is 9.34. The van der Waals surface area contributed by atoms with E-state index < -0.39 is 11.5 Å². The molecule has 12 nitrogen and oxygen atoms in total. The molecule has 0 saturated heterocycles. The summed E-state index contributed by atoms with van der Waals surface area (Å²) in [5, 5.41) is 1.83. The van der Waals surface area contributed by atoms with Crippen molar-refractivity contribution in [2.75, 3.05) is 0 Å². The summed E-state index contributed by atoms with van der Waals surface area (Å²) in [6.07, 6.45) is 10.7. The summed E-state index contributed by atoms with van der Waals surface area (Å²) in [5.74, 6) is 2.58. The van der Waals surface area contributed by atoms with E-state index >= 15 is 0 Å². The van der Waals surface area contributed by atoms with Gasteiger partial charge in [0.15, 0.2) is 0 Å². The number of carbonyl (C=O) groups excluding carboxylic acids is 2. The van der Waals surface area contributed by atoms with Crippen LogP contribution in [0.2, 0.25) is 0 Å². The number of benzene rings is 2. The third kappa shape index (κ3) is 6.74. The summed E-state index contributed by atoms with van der Waals surface area (Å²) in [6.45, 7) is 9.64. The van der Waals surface area contributed by atoms with Crippen LogP contribution in [-0.4, -0.2) is 56.5 Å². The Morgan fingerprint density at radius 3 is 1.58 bits per heavy atom. The normalized spacial score (nSPS) is 19.1. The highest BCUT2D eigenvalue weighted by Crippen LogP contribution is 2.54. The molecule has 8 heterocycles. The summed E-state index contributed by atoms with van der Waals surface area (Å²) in [5.41, 5.74) is 17.4. The van der Waals surface area contributed by atoms with Crippen molar-refractivity contribution >= 4 is 33.7 Å². The van der Waals surface area contributed by atoms with Crippen LogP contribution >= 0.6 is 0 Å². The number of hydrogen-bond acceptors (Lipinski definition) is 9. The zero-order valence-electron chi connectivity index (χ0n) is 36.7. The van der Waals surface area contributed by atoms with E-state index in [4.69, 9.17) is 30.4 Å². The first kappa shape index (κ1) is 39.7. The second-order valence-electron chi connectivity index (χ2n) is 18.8. The van der Waals surface area contributed by atoms with E-state index in [1.807, 2.05) is 120 Å². The van der Waals surface area contributed by atoms with Crippen LogP contribution in [0.15, 0.2) is 97.3 Å². The molecule has 2 fully saturated rings. The molecule has 6 aromatic heterocycles. The van der Waals surface area contributed by atoms with Crippen LogP contribution in [0, 0.1) is 13.8 Å². The van der Waals surface area contributed by atoms with Crippen molar-refractivity contribution in [3.05, 3.63) is 131 Å². The quantitative estimate of drug-likeness (QED) is 0.161. The average Bonchev–Trinajstić information content (AvgIpc) is 4.14. The Bertz CT molecular complexity index is 3210. The smallest absolute Gasteiger partial charge is 0.338 e. The molecule has 0 spiro atoms. The van der Waals surface area contributed by atoms with Gasteiger partial charge in [0.2, 0.25) is 5.91 Å². The number of rotatable bonds is 6. The van der Waals surface area contributed by atoms with Crippen molar-refractivity contribution in [3.8, 4) is 45.3 Å². The zero-order valence-corrected chi connectivity index (χ0v) is 36.7. The third-order valence-electron chi connectivity index (χ3n) is 13.3. The van der Waals surface area contributed by atoms with Gasteiger partial charge in [-0.25, -0.2) is 14.8 Å². The molecule has 4 bridgehead atoms. The maximum Gasteiger partial charge on any atom is 0.338 e. The number of primary amides is 1. The molecule has 4 aliphatic rings. The van der Waals surface area contributed by atoms with Crippen LogP contribution < -0.4 is 5.73 Å². The molecule has 8 aromatic rings. The number of nitrogens with zero attached hydrogens (tertiary/aromatic N) is 8. The lowest BCUT2D eigenvalue weighted by atomic mass is 10.0. The SMILES string of the molecule is Cc1cccc(-c2nc3n(c2-c2ccnc4ccc(C(=O)OC(C)(C)C)cc24)C2CCC3C2)n1.Cc1cccc(-c2nc3n(c2-c2ccnc4ccc(C(N)=O)cc24)C2CCC3C2)n1. The predicted octanol–water partition coefficient (Wildman–Crippen LogP) is 10.6. The van der Waals surface area contributed by atoms with Crippen LogP contribution in [0.25, 0.3) is 67.1 Å². The van der Waals surface area contributed by atoms with Crippen molar-refractivity contribution in [1.29, 1.82) is 0 Å². The second-order valence-corrected chi connectivity index (χ2v) is 18.8. The van der Waals surface area contributed by atoms with E-state index in [0.717, 1.165) is 103 Å². The molecule has 2 aromatic carbocycles. The molecule has 2 saturated carbocycles. The van der Waals surface area contributed by atoms with Gasteiger partial charge in [0.25, 0.3) is 0 Å². The first-order chi connectivity index (χ1) is 30.9. The van der Waals surface area contributed by atoms with E-state index in [1.54, 1.807) is 12.1 Å². The van der Waals surface area contributed by atoms with Gasteiger partial charge in [0.1, 0.15) is 28.6 Å². The van der Waals surface area contributed by atoms with Crippen molar-refractivity contribution in [1.82, 2.24) is 39.0 Å². The molecular formula is C52H49N9O3. The standard InChI is InChI=1S/C28H28N4O2.C24H21N5O/c1-16-6-5-7-23(30-16)24-25(32-19-10-8-17(14-19)26(32)31-24)20-12-13-29-22-11-9-18(15-21(20)22)27(33)34-28(2,3)4;1-13-3-2-4-20(27-13)21-22(29-16-7-5-15(11-16)24(29)28-21)17-9-10-26-19-8-6-14(23(25)30)12-18(17)19/h5-7,9,11-13,15,17,19H,8,10,14H2,1-4H3;2-4,6,8-10,12,15-16H,5,7,11H2,1H3,(H2,25,30). The van der Waals surface area contributed by atoms with E-state index in [-0.39, 0.29) is 5.97 Å². The first-order valence-electron chi connectivity index (χ1n) is 22.3. The monoisotopic (exact) mass is 847 g/mol. The van der Waals surface area contributed by atoms with Crippen LogP contribution in [0.1, 0.15) is 127 Å². The number of esters is 1. The largest absolute Gasteiger partial charge is 0.456 e. The Morgan fingerprint density at radius 2 is 1.11 bits per heavy atom. The van der Waals surface area contributed by atoms with Gasteiger partial charge in [-0.05, 0) is 146 Å². The molecule has 2 aliphatic heterocycles. The van der Waals surface area contributed by atoms with E-state index in [2.05, 4.69) is 19.1 Å². The Hall–Kier alpha value is -7.08. The first-order valence-corrected chi connectivity index (χ1v) is 22.3. The van der Waals surface area contributed by atoms with Crippen LogP contribution in [0.4, 0.5) is 0 Å². The zero-order chi connectivity index (χ0) is 44.0. The number of pyridine rings is 4. The lowest BCUT2D eigenvalue weighted by Gasteiger charge is -2.20. The molecular weight excluding hydrogens is 799 g/mol. The van der Waals surface area contributed by atoms with Crippen molar-refractivity contribution in [2.24, 2.45) is 5.73 Å². The second kappa shape index (κ2) is 15.0. The average molecular weight is 848 g/mol. The lowest BCUT2D eigenvalue weighted by Crippen LogP contribution is -2.23. The highest BCUT2D eigenvalue weighted by molar-refractivity contribution is 6.03. The third-order valence-corrected chi connectivity index (χ3v) is 13.3. The molecule has 0 radical (unpaired) electrons. The van der Waals surface area contributed by atoms with Crippen molar-refractivity contribution in [3.63, 3.8) is 0 Å². The summed E-state index contributed by atoms with van der Waals surface area (Å²) >= 11 is 0. The molecule has 12 rings (SSSR count). The fraction of sp³-hybridized carbons (Fsp3) is 0.308. The molecule has 4 unspecified atom stereocenters. The van der Waals surface area contributed by atoms with Gasteiger partial charge in [-0.15, -0.1) is 0 Å². The molecule has 2 aliphatic carbocycles. The fourth-order valence-electron chi connectivity index (χ4n) is 10.6. The van der Waals surface area contributed by atoms with Gasteiger partial charge in [-0.2, -0.15) is 0 Å². The number of fused-ring (bicyclic) bond motifs is 12. The number of hydrogen-bond donors (Lipinski definition) is 1. The molecule has 12 heteroatoms. The van der Waals surface area contributed by atoms with E-state index in [9.17, 15) is 9.59 Å². The minimum absolute atomic E-state index is 0.331. The van der Waals surface area contributed by atoms with Gasteiger partial charge in [0.05, 0.1) is 39.4 Å². The topological polar surface area (TPSA) is 157 Å². The van der Waals surface area contributed by atoms with E-state index in [0.29, 0.717) is 35.0 Å². The van der Waals surface area contributed by atoms with Gasteiger partial charge in [0, 0.05) is 75.2 Å². The Labute approximate surface area is 371 Å². The maximum absolute atomic E-state index is 12.8. The van der Waals surface area contributed by atoms with Crippen LogP contribution in [0.3, 0.4) is 0 Å². The summed E-state index contributed by atoms with van der Waals surface area (Å²) in [6, 6.07) is 28.1. The molecule has 320 valence electrons. The van der Waals surface area contributed by atoms with Gasteiger partial charge in [-0.3, -0.25) is 24.7 Å². The molecule has 2 N–H and O–H groups in total. The molecule has 64 heavy (non-hydrogen) atoms. The Morgan fingerprint density at radius 1 is 0.625 bits per heavy atom. The fourth-order valence-corrected chi connectivity index (χ4v) is 10.6. The number of aromatic nitrogens is 8. The number of aryl methyl sites for hydroxylation is 2. The van der Waals surface area contributed by atoms with Crippen molar-refractivity contribution < 1.29 is 14.3 Å². The summed E-state index contributed by atoms with van der Waals surface area (Å²) < 4.78 is 10.5. The van der Waals surface area contributed by atoms with Crippen LogP contribution in [-0.2, 0) is 4.74 Å². The lowest BCUT2D eigenvalue weighted by molar-refractivity contribution is 0.00695. The predicted molar refractivity (Wildman–Crippen MR) is 247 cm³/mol. The molecule has 1 amide bonds. The summed E-state index contributed by atoms with van der Waals surface area (Å²) in [4.78, 5) is 53.6. The van der Waals surface area contributed by atoms with Gasteiger partial charge >= 0.3 is 5.97 Å². The summed E-state index contributed by atoms with van der Waals surface area (Å²) in [7, 11) is 0. The Balaban J connectivity index is 0.000000144. The van der Waals surface area contributed by atoms with E-state index in [1.165, 1.54) is 25.7 Å². The number of amides is 1. The highest BCUT2D eigenvalue weighted by Gasteiger charge is 2.43. The van der Waals surface area contributed by atoms with Gasteiger partial charge in [-0.1, -0.05) is 12.1 Å². The number of imidazole rings is 2. The minimum atomic E-state index is -0.556. The number of carbonyl (C=O) groups is 2. The number of ether oxygens (including phenoxy) is 1. The van der Waals surface area contributed by atoms with Gasteiger partial charge < -0.3 is 19.6 Å².